The topological polar surface area (TPSA) is 43.6 Å². The van der Waals surface area contributed by atoms with Gasteiger partial charge in [-0.05, 0) is 36.3 Å². The smallest absolute Gasteiger partial charge is 0.227 e. The molecule has 1 aliphatic carbocycles. The summed E-state index contributed by atoms with van der Waals surface area (Å²) in [6.07, 6.45) is 8.61. The predicted octanol–water partition coefficient (Wildman–Crippen LogP) is 1.93. The highest BCUT2D eigenvalue weighted by molar-refractivity contribution is 5.76. The van der Waals surface area contributed by atoms with E-state index < -0.39 is 0 Å². The summed E-state index contributed by atoms with van der Waals surface area (Å²) in [7, 11) is 1.61. The fourth-order valence-electron chi connectivity index (χ4n) is 2.32. The van der Waals surface area contributed by atoms with Crippen molar-refractivity contribution in [1.82, 2.24) is 4.57 Å². The molecule has 1 heterocycles. The Labute approximate surface area is 101 Å². The molecule has 0 saturated heterocycles. The Bertz CT molecular complexity index is 435. The van der Waals surface area contributed by atoms with Gasteiger partial charge in [0.15, 0.2) is 6.40 Å². The standard InChI is InChI=1S/C13H18N2O2/c1-10(16)15-7-12-4-3-11(5-13(12)8-15)6-14-9-17-2/h7-9,11H,3-6H2,1-2H3. The molecule has 0 radical (unpaired) electrons. The van der Waals surface area contributed by atoms with Gasteiger partial charge in [-0.15, -0.1) is 0 Å². The molecule has 0 aliphatic heterocycles. The number of hydrogen-bond donors (Lipinski definition) is 0. The Hall–Kier alpha value is -1.58. The Morgan fingerprint density at radius 3 is 3.06 bits per heavy atom. The van der Waals surface area contributed by atoms with Crippen LogP contribution in [0, 0.1) is 5.92 Å². The van der Waals surface area contributed by atoms with Crippen LogP contribution in [0.5, 0.6) is 0 Å². The number of rotatable bonds is 3. The van der Waals surface area contributed by atoms with Gasteiger partial charge in [0.1, 0.15) is 0 Å². The maximum absolute atomic E-state index is 11.3. The molecule has 1 aromatic heterocycles. The van der Waals surface area contributed by atoms with Crippen molar-refractivity contribution in [3.05, 3.63) is 23.5 Å². The molecule has 1 unspecified atom stereocenters. The van der Waals surface area contributed by atoms with Gasteiger partial charge in [-0.2, -0.15) is 0 Å². The zero-order valence-electron chi connectivity index (χ0n) is 10.3. The molecule has 1 aliphatic rings. The number of carbonyl (C=O) groups excluding carboxylic acids is 1. The maximum atomic E-state index is 11.3. The molecule has 1 atom stereocenters. The minimum atomic E-state index is 0.0772. The summed E-state index contributed by atoms with van der Waals surface area (Å²) < 4.78 is 6.48. The number of methoxy groups -OCH3 is 1. The minimum absolute atomic E-state index is 0.0772. The van der Waals surface area contributed by atoms with E-state index >= 15 is 0 Å². The fraction of sp³-hybridized carbons (Fsp3) is 0.538. The van der Waals surface area contributed by atoms with Crippen LogP contribution < -0.4 is 0 Å². The average Bonchev–Trinajstić information content (AvgIpc) is 2.72. The summed E-state index contributed by atoms with van der Waals surface area (Å²) in [5.74, 6) is 0.644. The van der Waals surface area contributed by atoms with Gasteiger partial charge in [-0.1, -0.05) is 0 Å². The summed E-state index contributed by atoms with van der Waals surface area (Å²) in [6, 6.07) is 0. The Morgan fingerprint density at radius 2 is 2.35 bits per heavy atom. The molecule has 2 rings (SSSR count). The number of nitrogens with zero attached hydrogens (tertiary/aromatic N) is 2. The monoisotopic (exact) mass is 234 g/mol. The van der Waals surface area contributed by atoms with Crippen LogP contribution in [0.1, 0.15) is 29.3 Å². The molecular weight excluding hydrogens is 216 g/mol. The van der Waals surface area contributed by atoms with E-state index in [4.69, 9.17) is 4.74 Å². The van der Waals surface area contributed by atoms with Gasteiger partial charge in [-0.25, -0.2) is 0 Å². The van der Waals surface area contributed by atoms with E-state index in [1.54, 1.807) is 18.6 Å². The first-order valence-electron chi connectivity index (χ1n) is 5.92. The highest BCUT2D eigenvalue weighted by Gasteiger charge is 2.20. The van der Waals surface area contributed by atoms with E-state index in [9.17, 15) is 4.79 Å². The molecule has 0 bridgehead atoms. The molecule has 1 aromatic rings. The van der Waals surface area contributed by atoms with E-state index in [-0.39, 0.29) is 5.91 Å². The number of aryl methyl sites for hydroxylation is 1. The first-order valence-corrected chi connectivity index (χ1v) is 5.92. The molecule has 17 heavy (non-hydrogen) atoms. The van der Waals surface area contributed by atoms with Crippen molar-refractivity contribution in [2.24, 2.45) is 10.9 Å². The molecule has 0 aromatic carbocycles. The molecule has 4 heteroatoms. The first kappa shape index (κ1) is 11.9. The second-order valence-corrected chi connectivity index (χ2v) is 4.55. The van der Waals surface area contributed by atoms with Crippen LogP contribution >= 0.6 is 0 Å². The molecule has 0 N–H and O–H groups in total. The number of hydrogen-bond acceptors (Lipinski definition) is 3. The van der Waals surface area contributed by atoms with Crippen molar-refractivity contribution in [3.8, 4) is 0 Å². The van der Waals surface area contributed by atoms with Gasteiger partial charge >= 0.3 is 0 Å². The Kier molecular flexibility index (Phi) is 3.61. The zero-order chi connectivity index (χ0) is 12.3. The zero-order valence-corrected chi connectivity index (χ0v) is 10.3. The molecule has 4 nitrogen and oxygen atoms in total. The molecule has 92 valence electrons. The SMILES string of the molecule is COC=NCC1CCc2cn(C(C)=O)cc2C1. The number of fused-ring (bicyclic) bond motifs is 1. The Balaban J connectivity index is 2.03. The molecular formula is C13H18N2O2. The van der Waals surface area contributed by atoms with Gasteiger partial charge in [0.25, 0.3) is 0 Å². The normalized spacial score (nSPS) is 19.3. The van der Waals surface area contributed by atoms with Gasteiger partial charge in [0, 0.05) is 25.9 Å². The van der Waals surface area contributed by atoms with E-state index in [1.165, 1.54) is 17.5 Å². The van der Waals surface area contributed by atoms with Crippen molar-refractivity contribution in [3.63, 3.8) is 0 Å². The third kappa shape index (κ3) is 2.75. The second-order valence-electron chi connectivity index (χ2n) is 4.55. The van der Waals surface area contributed by atoms with Crippen LogP contribution in [0.2, 0.25) is 0 Å². The van der Waals surface area contributed by atoms with Crippen molar-refractivity contribution < 1.29 is 9.53 Å². The molecule has 0 saturated carbocycles. The fourth-order valence-corrected chi connectivity index (χ4v) is 2.32. The third-order valence-corrected chi connectivity index (χ3v) is 3.24. The lowest BCUT2D eigenvalue weighted by atomic mass is 9.86. The molecule has 0 amide bonds. The summed E-state index contributed by atoms with van der Waals surface area (Å²) in [5, 5.41) is 0. The number of aliphatic imine (C=N–C) groups is 1. The lowest BCUT2D eigenvalue weighted by molar-refractivity contribution is 0.0936. The highest BCUT2D eigenvalue weighted by atomic mass is 16.5. The summed E-state index contributed by atoms with van der Waals surface area (Å²) in [6.45, 7) is 2.39. The van der Waals surface area contributed by atoms with E-state index in [2.05, 4.69) is 4.99 Å². The van der Waals surface area contributed by atoms with Crippen molar-refractivity contribution >= 4 is 12.3 Å². The first-order chi connectivity index (χ1) is 8.20. The van der Waals surface area contributed by atoms with Crippen LogP contribution in [-0.2, 0) is 17.6 Å². The van der Waals surface area contributed by atoms with Gasteiger partial charge in [0.2, 0.25) is 5.91 Å². The van der Waals surface area contributed by atoms with E-state index in [0.29, 0.717) is 5.92 Å². The average molecular weight is 234 g/mol. The van der Waals surface area contributed by atoms with E-state index in [0.717, 1.165) is 25.8 Å². The second kappa shape index (κ2) is 5.17. The lowest BCUT2D eigenvalue weighted by Crippen LogP contribution is -2.15. The van der Waals surface area contributed by atoms with Crippen LogP contribution in [0.3, 0.4) is 0 Å². The third-order valence-electron chi connectivity index (χ3n) is 3.24. The maximum Gasteiger partial charge on any atom is 0.227 e. The van der Waals surface area contributed by atoms with Crippen LogP contribution in [0.25, 0.3) is 0 Å². The number of carbonyl (C=O) groups is 1. The van der Waals surface area contributed by atoms with E-state index in [1.807, 2.05) is 12.4 Å². The molecule has 0 spiro atoms. The minimum Gasteiger partial charge on any atom is -0.487 e. The number of aromatic nitrogens is 1. The lowest BCUT2D eigenvalue weighted by Gasteiger charge is -2.19. The highest BCUT2D eigenvalue weighted by Crippen LogP contribution is 2.26. The van der Waals surface area contributed by atoms with Gasteiger partial charge in [0.05, 0.1) is 7.11 Å². The van der Waals surface area contributed by atoms with Gasteiger partial charge < -0.3 is 4.74 Å². The van der Waals surface area contributed by atoms with Gasteiger partial charge in [-0.3, -0.25) is 14.4 Å². The predicted molar refractivity (Wildman–Crippen MR) is 66.6 cm³/mol. The number of ether oxygens (including phenoxy) is 1. The largest absolute Gasteiger partial charge is 0.487 e. The van der Waals surface area contributed by atoms with Crippen LogP contribution in [0.15, 0.2) is 17.4 Å². The summed E-state index contributed by atoms with van der Waals surface area (Å²) in [5.41, 5.74) is 2.61. The van der Waals surface area contributed by atoms with Crippen molar-refractivity contribution in [2.75, 3.05) is 13.7 Å². The van der Waals surface area contributed by atoms with Crippen LogP contribution in [0.4, 0.5) is 0 Å². The summed E-state index contributed by atoms with van der Waals surface area (Å²) >= 11 is 0. The van der Waals surface area contributed by atoms with Crippen LogP contribution in [-0.4, -0.2) is 30.5 Å². The quantitative estimate of drug-likeness (QED) is 0.592. The summed E-state index contributed by atoms with van der Waals surface area (Å²) in [4.78, 5) is 15.5. The van der Waals surface area contributed by atoms with Crippen molar-refractivity contribution in [2.45, 2.75) is 26.2 Å². The van der Waals surface area contributed by atoms with Crippen molar-refractivity contribution in [1.29, 1.82) is 0 Å². The molecule has 0 fully saturated rings. The Morgan fingerprint density at radius 1 is 1.59 bits per heavy atom.